The van der Waals surface area contributed by atoms with E-state index in [2.05, 4.69) is 10.6 Å². The Morgan fingerprint density at radius 3 is 1.98 bits per heavy atom. The van der Waals surface area contributed by atoms with Gasteiger partial charge < -0.3 is 16.0 Å². The van der Waals surface area contributed by atoms with Gasteiger partial charge in [0, 0.05) is 22.9 Å². The molecule has 41 heavy (non-hydrogen) atoms. The SMILES string of the molecule is CC(C)[C@H](NC(=O)[C@H](Cc1ccccc1)NC(=O)CCc1cc(Cl)cc(Cl)c1)C(=O)C(F)(F)C(=O)NCC(F)(F)F. The molecule has 0 spiro atoms. The Bertz CT molecular complexity index is 1220. The summed E-state index contributed by atoms with van der Waals surface area (Å²) in [6, 6.07) is 9.83. The lowest BCUT2D eigenvalue weighted by Gasteiger charge is -2.27. The van der Waals surface area contributed by atoms with E-state index >= 15 is 0 Å². The third-order valence-corrected chi connectivity index (χ3v) is 6.22. The normalized spacial score (nSPS) is 13.3. The first kappa shape index (κ1) is 34.0. The van der Waals surface area contributed by atoms with E-state index in [1.807, 2.05) is 0 Å². The molecule has 2 rings (SSSR count). The predicted octanol–water partition coefficient (Wildman–Crippen LogP) is 4.68. The van der Waals surface area contributed by atoms with Crippen molar-refractivity contribution in [3.63, 3.8) is 0 Å². The lowest BCUT2D eigenvalue weighted by molar-refractivity contribution is -0.165. The van der Waals surface area contributed by atoms with Gasteiger partial charge in [0.05, 0.1) is 6.04 Å². The largest absolute Gasteiger partial charge is 0.405 e. The predicted molar refractivity (Wildman–Crippen MR) is 143 cm³/mol. The zero-order chi connectivity index (χ0) is 31.0. The molecule has 0 aliphatic heterocycles. The third-order valence-electron chi connectivity index (χ3n) is 5.79. The minimum Gasteiger partial charge on any atom is -0.344 e. The van der Waals surface area contributed by atoms with Crippen molar-refractivity contribution in [1.82, 2.24) is 16.0 Å². The summed E-state index contributed by atoms with van der Waals surface area (Å²) in [5.41, 5.74) is 1.25. The fourth-order valence-corrected chi connectivity index (χ4v) is 4.30. The fraction of sp³-hybridized carbons (Fsp3) is 0.407. The fourth-order valence-electron chi connectivity index (χ4n) is 3.73. The average Bonchev–Trinajstić information content (AvgIpc) is 2.87. The van der Waals surface area contributed by atoms with E-state index < -0.39 is 60.1 Å². The van der Waals surface area contributed by atoms with Gasteiger partial charge in [-0.05, 0) is 41.7 Å². The van der Waals surface area contributed by atoms with E-state index in [1.165, 1.54) is 19.9 Å². The van der Waals surface area contributed by atoms with Gasteiger partial charge in [-0.25, -0.2) is 0 Å². The van der Waals surface area contributed by atoms with Gasteiger partial charge >= 0.3 is 12.1 Å². The summed E-state index contributed by atoms with van der Waals surface area (Å²) in [6.07, 6.45) is -4.96. The van der Waals surface area contributed by atoms with Crippen molar-refractivity contribution in [2.45, 2.75) is 57.3 Å². The number of amides is 3. The number of halogens is 7. The van der Waals surface area contributed by atoms with Crippen molar-refractivity contribution in [2.75, 3.05) is 6.54 Å². The number of nitrogens with one attached hydrogen (secondary N) is 3. The monoisotopic (exact) mass is 623 g/mol. The molecule has 0 aliphatic carbocycles. The van der Waals surface area contributed by atoms with E-state index in [0.717, 1.165) is 5.32 Å². The molecular formula is C27H28Cl2F5N3O4. The van der Waals surface area contributed by atoms with Crippen molar-refractivity contribution >= 4 is 46.7 Å². The van der Waals surface area contributed by atoms with Gasteiger partial charge in [0.2, 0.25) is 17.6 Å². The molecule has 2 aromatic carbocycles. The molecule has 0 unspecified atom stereocenters. The Hall–Kier alpha value is -3.25. The topological polar surface area (TPSA) is 104 Å². The number of carbonyl (C=O) groups is 4. The lowest BCUT2D eigenvalue weighted by atomic mass is 9.94. The second-order valence-electron chi connectivity index (χ2n) is 9.55. The third kappa shape index (κ3) is 10.9. The van der Waals surface area contributed by atoms with Crippen molar-refractivity contribution in [1.29, 1.82) is 0 Å². The van der Waals surface area contributed by atoms with Gasteiger partial charge in [0.15, 0.2) is 0 Å². The molecule has 14 heteroatoms. The number of rotatable bonds is 13. The number of hydrogen-bond donors (Lipinski definition) is 3. The number of carbonyl (C=O) groups excluding carboxylic acids is 4. The van der Waals surface area contributed by atoms with E-state index in [9.17, 15) is 41.1 Å². The zero-order valence-corrected chi connectivity index (χ0v) is 23.5. The van der Waals surface area contributed by atoms with E-state index in [0.29, 0.717) is 21.2 Å². The lowest BCUT2D eigenvalue weighted by Crippen LogP contribution is -2.59. The van der Waals surface area contributed by atoms with Gasteiger partial charge in [-0.1, -0.05) is 67.4 Å². The molecule has 3 N–H and O–H groups in total. The van der Waals surface area contributed by atoms with Crippen LogP contribution < -0.4 is 16.0 Å². The maximum Gasteiger partial charge on any atom is 0.405 e. The molecule has 7 nitrogen and oxygen atoms in total. The molecule has 0 aromatic heterocycles. The Labute approximate surface area is 243 Å². The van der Waals surface area contributed by atoms with Crippen molar-refractivity contribution < 1.29 is 41.1 Å². The Morgan fingerprint density at radius 1 is 0.854 bits per heavy atom. The Kier molecular flexibility index (Phi) is 12.1. The van der Waals surface area contributed by atoms with Gasteiger partial charge in [0.1, 0.15) is 12.6 Å². The smallest absolute Gasteiger partial charge is 0.344 e. The summed E-state index contributed by atoms with van der Waals surface area (Å²) in [5, 5.41) is 6.38. The van der Waals surface area contributed by atoms with Gasteiger partial charge in [-0.2, -0.15) is 22.0 Å². The Balaban J connectivity index is 2.20. The number of aryl methyl sites for hydroxylation is 1. The van der Waals surface area contributed by atoms with Crippen LogP contribution in [-0.4, -0.2) is 54.2 Å². The molecule has 0 fully saturated rings. The van der Waals surface area contributed by atoms with Crippen LogP contribution in [0.5, 0.6) is 0 Å². The molecule has 0 heterocycles. The molecule has 224 valence electrons. The Morgan fingerprint density at radius 2 is 1.44 bits per heavy atom. The molecular weight excluding hydrogens is 596 g/mol. The summed E-state index contributed by atoms with van der Waals surface area (Å²) in [7, 11) is 0. The molecule has 0 saturated carbocycles. The summed E-state index contributed by atoms with van der Waals surface area (Å²) in [5.74, 6) is -12.0. The molecule has 3 amide bonds. The van der Waals surface area contributed by atoms with Crippen molar-refractivity contribution in [3.05, 3.63) is 69.7 Å². The maximum absolute atomic E-state index is 14.6. The molecule has 0 radical (unpaired) electrons. The van der Waals surface area contributed by atoms with E-state index in [-0.39, 0.29) is 19.3 Å². The molecule has 0 aliphatic rings. The highest BCUT2D eigenvalue weighted by atomic mass is 35.5. The number of Topliss-reactive ketones (excluding diaryl/α,β-unsaturated/α-hetero) is 1. The standard InChI is InChI=1S/C27H28Cl2F5N3O4/c1-15(2)22(23(39)27(33,34)25(41)35-14-26(30,31)32)37-24(40)20(12-16-6-4-3-5-7-16)36-21(38)9-8-17-10-18(28)13-19(29)11-17/h3-7,10-11,13,15,20,22H,8-9,12,14H2,1-2H3,(H,35,41)(H,36,38)(H,37,40)/t20-,22-/m0/s1. The van der Waals surface area contributed by atoms with Crippen LogP contribution in [0.3, 0.4) is 0 Å². The first-order valence-electron chi connectivity index (χ1n) is 12.4. The minimum absolute atomic E-state index is 0.0805. The average molecular weight is 624 g/mol. The second-order valence-corrected chi connectivity index (χ2v) is 10.4. The second kappa shape index (κ2) is 14.6. The summed E-state index contributed by atoms with van der Waals surface area (Å²) < 4.78 is 66.2. The van der Waals surface area contributed by atoms with Crippen LogP contribution in [-0.2, 0) is 32.0 Å². The molecule has 2 atom stereocenters. The molecule has 2 aromatic rings. The van der Waals surface area contributed by atoms with Crippen LogP contribution in [0.25, 0.3) is 0 Å². The number of hydrogen-bond acceptors (Lipinski definition) is 4. The minimum atomic E-state index is -4.98. The summed E-state index contributed by atoms with van der Waals surface area (Å²) in [4.78, 5) is 50.3. The van der Waals surface area contributed by atoms with Crippen LogP contribution in [0.1, 0.15) is 31.4 Å². The quantitative estimate of drug-likeness (QED) is 0.223. The van der Waals surface area contributed by atoms with E-state index in [4.69, 9.17) is 23.2 Å². The number of benzene rings is 2. The molecule has 0 saturated heterocycles. The zero-order valence-electron chi connectivity index (χ0n) is 22.0. The van der Waals surface area contributed by atoms with Crippen LogP contribution in [0.4, 0.5) is 22.0 Å². The van der Waals surface area contributed by atoms with Gasteiger partial charge in [-0.15, -0.1) is 0 Å². The number of ketones is 1. The van der Waals surface area contributed by atoms with Crippen molar-refractivity contribution in [3.8, 4) is 0 Å². The summed E-state index contributed by atoms with van der Waals surface area (Å²) in [6.45, 7) is 0.529. The van der Waals surface area contributed by atoms with Crippen LogP contribution in [0.2, 0.25) is 10.0 Å². The highest BCUT2D eigenvalue weighted by Crippen LogP contribution is 2.23. The van der Waals surface area contributed by atoms with E-state index in [1.54, 1.807) is 42.5 Å². The van der Waals surface area contributed by atoms with Crippen LogP contribution in [0.15, 0.2) is 48.5 Å². The first-order valence-corrected chi connectivity index (χ1v) is 13.1. The van der Waals surface area contributed by atoms with Crippen LogP contribution >= 0.6 is 23.2 Å². The highest BCUT2D eigenvalue weighted by molar-refractivity contribution is 6.34. The van der Waals surface area contributed by atoms with Crippen molar-refractivity contribution in [2.24, 2.45) is 5.92 Å². The first-order chi connectivity index (χ1) is 19.0. The van der Waals surface area contributed by atoms with Gasteiger partial charge in [-0.3, -0.25) is 19.2 Å². The van der Waals surface area contributed by atoms with Gasteiger partial charge in [0.25, 0.3) is 5.91 Å². The number of alkyl halides is 5. The molecule has 0 bridgehead atoms. The van der Waals surface area contributed by atoms with Crippen LogP contribution in [0, 0.1) is 5.92 Å². The highest BCUT2D eigenvalue weighted by Gasteiger charge is 2.52. The summed E-state index contributed by atoms with van der Waals surface area (Å²) >= 11 is 12.0. The maximum atomic E-state index is 14.6.